The van der Waals surface area contributed by atoms with Crippen LogP contribution >= 0.6 is 0 Å². The lowest BCUT2D eigenvalue weighted by Gasteiger charge is -2.24. The number of methoxy groups -OCH3 is 1. The Morgan fingerprint density at radius 2 is 2.15 bits per heavy atom. The highest BCUT2D eigenvalue weighted by atomic mass is 16.5. The minimum Gasteiger partial charge on any atom is -0.497 e. The number of aromatic nitrogens is 5. The summed E-state index contributed by atoms with van der Waals surface area (Å²) < 4.78 is 8.84. The molecule has 2 aromatic heterocycles. The van der Waals surface area contributed by atoms with Gasteiger partial charge < -0.3 is 10.1 Å². The van der Waals surface area contributed by atoms with Crippen molar-refractivity contribution in [1.29, 1.82) is 0 Å². The van der Waals surface area contributed by atoms with Crippen LogP contribution in [-0.2, 0) is 17.8 Å². The first-order chi connectivity index (χ1) is 13.2. The minimum atomic E-state index is 0.00370. The standard InChI is InChI=1S/C19H22N6O2/c1-27-15-7-5-14(6-8-15)25-18-4-2-3-17(16(18)11-21-25)23-19(26)9-10-24-13-20-12-22-24/h5-8,11-13,17H,2-4,9-10H2,1H3,(H,23,26)/t17-/m0/s1. The molecule has 0 spiro atoms. The largest absolute Gasteiger partial charge is 0.497 e. The van der Waals surface area contributed by atoms with Crippen molar-refractivity contribution in [3.8, 4) is 11.4 Å². The molecular weight excluding hydrogens is 344 g/mol. The van der Waals surface area contributed by atoms with Crippen LogP contribution in [-0.4, -0.2) is 37.6 Å². The van der Waals surface area contributed by atoms with E-state index in [1.54, 1.807) is 18.1 Å². The van der Waals surface area contributed by atoms with Gasteiger partial charge >= 0.3 is 0 Å². The second-order valence-electron chi connectivity index (χ2n) is 6.58. The van der Waals surface area contributed by atoms with Crippen molar-refractivity contribution in [2.45, 2.75) is 38.3 Å². The molecule has 8 nitrogen and oxygen atoms in total. The molecule has 3 aromatic rings. The average Bonchev–Trinajstić information content (AvgIpc) is 3.37. The van der Waals surface area contributed by atoms with Gasteiger partial charge in [0.15, 0.2) is 0 Å². The zero-order chi connectivity index (χ0) is 18.6. The first-order valence-electron chi connectivity index (χ1n) is 9.07. The molecule has 1 aromatic carbocycles. The van der Waals surface area contributed by atoms with E-state index in [0.29, 0.717) is 13.0 Å². The molecule has 0 saturated carbocycles. The number of rotatable bonds is 6. The van der Waals surface area contributed by atoms with E-state index < -0.39 is 0 Å². The molecule has 1 N–H and O–H groups in total. The van der Waals surface area contributed by atoms with Crippen molar-refractivity contribution in [1.82, 2.24) is 29.9 Å². The van der Waals surface area contributed by atoms with Gasteiger partial charge in [0.25, 0.3) is 0 Å². The lowest BCUT2D eigenvalue weighted by atomic mass is 9.92. The zero-order valence-corrected chi connectivity index (χ0v) is 15.2. The predicted molar refractivity (Wildman–Crippen MR) is 98.6 cm³/mol. The average molecular weight is 366 g/mol. The molecule has 8 heteroatoms. The molecule has 2 heterocycles. The maximum absolute atomic E-state index is 12.3. The molecule has 4 rings (SSSR count). The Bertz CT molecular complexity index is 901. The van der Waals surface area contributed by atoms with Crippen LogP contribution in [0.15, 0.2) is 43.1 Å². The number of benzene rings is 1. The molecule has 0 unspecified atom stereocenters. The first kappa shape index (κ1) is 17.3. The fourth-order valence-corrected chi connectivity index (χ4v) is 3.48. The van der Waals surface area contributed by atoms with Gasteiger partial charge in [0.05, 0.1) is 31.6 Å². The molecule has 1 atom stereocenters. The van der Waals surface area contributed by atoms with Gasteiger partial charge in [-0.3, -0.25) is 9.48 Å². The number of hydrogen-bond acceptors (Lipinski definition) is 5. The van der Waals surface area contributed by atoms with Gasteiger partial charge in [-0.2, -0.15) is 10.2 Å². The van der Waals surface area contributed by atoms with Gasteiger partial charge in [0.1, 0.15) is 18.4 Å². The SMILES string of the molecule is COc1ccc(-n2ncc3c2CCC[C@@H]3NC(=O)CCn2cncn2)cc1. The molecule has 1 aliphatic rings. The number of ether oxygens (including phenoxy) is 1. The fraction of sp³-hybridized carbons (Fsp3) is 0.368. The molecule has 0 radical (unpaired) electrons. The summed E-state index contributed by atoms with van der Waals surface area (Å²) in [7, 11) is 1.65. The number of carbonyl (C=O) groups excluding carboxylic acids is 1. The Morgan fingerprint density at radius 1 is 1.30 bits per heavy atom. The normalized spacial score (nSPS) is 16.0. The molecule has 140 valence electrons. The zero-order valence-electron chi connectivity index (χ0n) is 15.2. The molecule has 1 amide bonds. The van der Waals surface area contributed by atoms with E-state index in [2.05, 4.69) is 20.5 Å². The van der Waals surface area contributed by atoms with Crippen LogP contribution in [0.4, 0.5) is 0 Å². The summed E-state index contributed by atoms with van der Waals surface area (Å²) in [5, 5.41) is 11.7. The third kappa shape index (κ3) is 3.69. The van der Waals surface area contributed by atoms with Crippen LogP contribution in [0.2, 0.25) is 0 Å². The Balaban J connectivity index is 1.47. The van der Waals surface area contributed by atoms with Gasteiger partial charge in [-0.15, -0.1) is 0 Å². The van der Waals surface area contributed by atoms with Crippen molar-refractivity contribution in [2.75, 3.05) is 7.11 Å². The van der Waals surface area contributed by atoms with Gasteiger partial charge in [-0.1, -0.05) is 0 Å². The number of amides is 1. The summed E-state index contributed by atoms with van der Waals surface area (Å²) in [5.41, 5.74) is 3.26. The summed E-state index contributed by atoms with van der Waals surface area (Å²) in [5.74, 6) is 0.831. The Labute approximate surface area is 157 Å². The van der Waals surface area contributed by atoms with Gasteiger partial charge in [-0.05, 0) is 43.5 Å². The van der Waals surface area contributed by atoms with Crippen LogP contribution in [0.5, 0.6) is 5.75 Å². The molecule has 0 saturated heterocycles. The second-order valence-corrected chi connectivity index (χ2v) is 6.58. The van der Waals surface area contributed by atoms with E-state index >= 15 is 0 Å². The predicted octanol–water partition coefficient (Wildman–Crippen LogP) is 2.06. The van der Waals surface area contributed by atoms with E-state index in [9.17, 15) is 4.79 Å². The Hall–Kier alpha value is -3.16. The summed E-state index contributed by atoms with van der Waals surface area (Å²) in [6.45, 7) is 0.524. The lowest BCUT2D eigenvalue weighted by molar-refractivity contribution is -0.122. The minimum absolute atomic E-state index is 0.00370. The number of nitrogens with one attached hydrogen (secondary N) is 1. The monoisotopic (exact) mass is 366 g/mol. The highest BCUT2D eigenvalue weighted by molar-refractivity contribution is 5.76. The number of aryl methyl sites for hydroxylation is 1. The van der Waals surface area contributed by atoms with Gasteiger partial charge in [0.2, 0.25) is 5.91 Å². The Morgan fingerprint density at radius 3 is 2.89 bits per heavy atom. The van der Waals surface area contributed by atoms with Crippen LogP contribution in [0, 0.1) is 0 Å². The highest BCUT2D eigenvalue weighted by Crippen LogP contribution is 2.31. The molecule has 0 fully saturated rings. The number of hydrogen-bond donors (Lipinski definition) is 1. The van der Waals surface area contributed by atoms with Crippen molar-refractivity contribution < 1.29 is 9.53 Å². The van der Waals surface area contributed by atoms with Crippen molar-refractivity contribution >= 4 is 5.91 Å². The number of carbonyl (C=O) groups is 1. The smallest absolute Gasteiger partial charge is 0.222 e. The summed E-state index contributed by atoms with van der Waals surface area (Å²) in [6, 6.07) is 7.84. The highest BCUT2D eigenvalue weighted by Gasteiger charge is 2.26. The number of fused-ring (bicyclic) bond motifs is 1. The van der Waals surface area contributed by atoms with Crippen LogP contribution in [0.1, 0.15) is 36.6 Å². The number of nitrogens with zero attached hydrogens (tertiary/aromatic N) is 5. The maximum Gasteiger partial charge on any atom is 0.222 e. The first-order valence-corrected chi connectivity index (χ1v) is 9.07. The van der Waals surface area contributed by atoms with E-state index in [1.807, 2.05) is 35.1 Å². The summed E-state index contributed by atoms with van der Waals surface area (Å²) in [4.78, 5) is 16.2. The van der Waals surface area contributed by atoms with Crippen LogP contribution in [0.25, 0.3) is 5.69 Å². The second kappa shape index (κ2) is 7.61. The van der Waals surface area contributed by atoms with Crippen LogP contribution in [0.3, 0.4) is 0 Å². The molecule has 0 bridgehead atoms. The van der Waals surface area contributed by atoms with E-state index in [-0.39, 0.29) is 11.9 Å². The van der Waals surface area contributed by atoms with Gasteiger partial charge in [-0.25, -0.2) is 9.67 Å². The van der Waals surface area contributed by atoms with Crippen molar-refractivity contribution in [3.05, 3.63) is 54.4 Å². The summed E-state index contributed by atoms with van der Waals surface area (Å²) >= 11 is 0. The van der Waals surface area contributed by atoms with Crippen molar-refractivity contribution in [3.63, 3.8) is 0 Å². The molecule has 27 heavy (non-hydrogen) atoms. The van der Waals surface area contributed by atoms with Crippen LogP contribution < -0.4 is 10.1 Å². The van der Waals surface area contributed by atoms with E-state index in [0.717, 1.165) is 42.0 Å². The third-order valence-electron chi connectivity index (χ3n) is 4.87. The van der Waals surface area contributed by atoms with Gasteiger partial charge in [0, 0.05) is 17.7 Å². The van der Waals surface area contributed by atoms with E-state index in [4.69, 9.17) is 4.74 Å². The van der Waals surface area contributed by atoms with Crippen molar-refractivity contribution in [2.24, 2.45) is 0 Å². The maximum atomic E-state index is 12.3. The van der Waals surface area contributed by atoms with E-state index in [1.165, 1.54) is 6.33 Å². The third-order valence-corrected chi connectivity index (χ3v) is 4.87. The fourth-order valence-electron chi connectivity index (χ4n) is 3.48. The Kier molecular flexibility index (Phi) is 4.86. The molecule has 0 aliphatic heterocycles. The topological polar surface area (TPSA) is 86.9 Å². The molecule has 1 aliphatic carbocycles. The summed E-state index contributed by atoms with van der Waals surface area (Å²) in [6.07, 6.45) is 8.23. The molecular formula is C19H22N6O2. The quantitative estimate of drug-likeness (QED) is 0.722. The lowest BCUT2D eigenvalue weighted by Crippen LogP contribution is -2.31.